The van der Waals surface area contributed by atoms with Crippen molar-refractivity contribution in [2.24, 2.45) is 11.1 Å². The Balaban J connectivity index is 3.33. The highest BCUT2D eigenvalue weighted by molar-refractivity contribution is 4.60. The standard InChI is InChI=1S/C5H11NO/c1-4(2)5(3)6-7/h4-5H,1-3H3/t5-/m0/s1. The minimum absolute atomic E-state index is 0.0278. The Bertz CT molecular complexity index is 61.1. The molecule has 0 saturated carbocycles. The smallest absolute Gasteiger partial charge is 0.0914 e. The average Bonchev–Trinajstić information content (AvgIpc) is 1.65. The number of hydrogen-bond acceptors (Lipinski definition) is 2. The van der Waals surface area contributed by atoms with E-state index in [0.29, 0.717) is 5.92 Å². The van der Waals surface area contributed by atoms with Crippen LogP contribution in [-0.2, 0) is 0 Å². The Morgan fingerprint density at radius 2 is 1.71 bits per heavy atom. The van der Waals surface area contributed by atoms with Crippen molar-refractivity contribution >= 4 is 0 Å². The van der Waals surface area contributed by atoms with Crippen LogP contribution in [0.2, 0.25) is 0 Å². The molecule has 7 heavy (non-hydrogen) atoms. The van der Waals surface area contributed by atoms with Crippen LogP contribution in [-0.4, -0.2) is 6.04 Å². The third-order valence-corrected chi connectivity index (χ3v) is 1.13. The molecule has 0 radical (unpaired) electrons. The van der Waals surface area contributed by atoms with E-state index in [1.165, 1.54) is 0 Å². The number of hydrogen-bond donors (Lipinski definition) is 0. The number of nitroso groups, excluding NO2 is 1. The fraction of sp³-hybridized carbons (Fsp3) is 1.00. The van der Waals surface area contributed by atoms with Crippen LogP contribution < -0.4 is 0 Å². The molecule has 0 aliphatic rings. The molecule has 0 unspecified atom stereocenters. The van der Waals surface area contributed by atoms with Crippen molar-refractivity contribution < 1.29 is 0 Å². The molecule has 2 nitrogen and oxygen atoms in total. The van der Waals surface area contributed by atoms with Crippen LogP contribution in [0.4, 0.5) is 0 Å². The van der Waals surface area contributed by atoms with E-state index in [1.807, 2.05) is 20.8 Å². The molecule has 0 spiro atoms. The fourth-order valence-electron chi connectivity index (χ4n) is 0.122. The molecular weight excluding hydrogens is 90.1 g/mol. The molecule has 0 aromatic rings. The number of nitrogens with zero attached hydrogens (tertiary/aromatic N) is 1. The summed E-state index contributed by atoms with van der Waals surface area (Å²) >= 11 is 0. The SMILES string of the molecule is CC(C)[C@H](C)N=O. The summed E-state index contributed by atoms with van der Waals surface area (Å²) in [5.41, 5.74) is 0. The van der Waals surface area contributed by atoms with Crippen molar-refractivity contribution in [2.75, 3.05) is 0 Å². The molecule has 0 heterocycles. The van der Waals surface area contributed by atoms with E-state index in [1.54, 1.807) is 0 Å². The Morgan fingerprint density at radius 3 is 1.71 bits per heavy atom. The van der Waals surface area contributed by atoms with Crippen molar-refractivity contribution in [3.8, 4) is 0 Å². The highest BCUT2D eigenvalue weighted by atomic mass is 16.3. The Hall–Kier alpha value is -0.400. The first-order chi connectivity index (χ1) is 3.18. The topological polar surface area (TPSA) is 29.4 Å². The maximum Gasteiger partial charge on any atom is 0.0914 e. The second-order valence-electron chi connectivity index (χ2n) is 2.09. The van der Waals surface area contributed by atoms with E-state index in [4.69, 9.17) is 0 Å². The summed E-state index contributed by atoms with van der Waals surface area (Å²) in [6.07, 6.45) is 0. The molecule has 0 aromatic heterocycles. The zero-order valence-corrected chi connectivity index (χ0v) is 5.01. The van der Waals surface area contributed by atoms with Crippen molar-refractivity contribution in [1.82, 2.24) is 0 Å². The molecule has 0 aliphatic carbocycles. The molecule has 0 rings (SSSR count). The molecule has 0 aromatic carbocycles. The van der Waals surface area contributed by atoms with Gasteiger partial charge in [-0.05, 0) is 12.8 Å². The minimum Gasteiger partial charge on any atom is -0.151 e. The molecule has 0 saturated heterocycles. The van der Waals surface area contributed by atoms with Gasteiger partial charge in [-0.25, -0.2) is 0 Å². The third-order valence-electron chi connectivity index (χ3n) is 1.13. The Labute approximate surface area is 43.9 Å². The summed E-state index contributed by atoms with van der Waals surface area (Å²) in [6.45, 7) is 5.77. The molecule has 0 fully saturated rings. The third kappa shape index (κ3) is 2.31. The largest absolute Gasteiger partial charge is 0.151 e. The first kappa shape index (κ1) is 6.60. The van der Waals surface area contributed by atoms with Crippen molar-refractivity contribution in [2.45, 2.75) is 26.8 Å². The average molecular weight is 101 g/mol. The molecule has 1 atom stereocenters. The van der Waals surface area contributed by atoms with Crippen LogP contribution >= 0.6 is 0 Å². The maximum absolute atomic E-state index is 9.70. The summed E-state index contributed by atoms with van der Waals surface area (Å²) in [7, 11) is 0. The van der Waals surface area contributed by atoms with E-state index in [9.17, 15) is 4.91 Å². The molecule has 42 valence electrons. The van der Waals surface area contributed by atoms with Crippen LogP contribution in [0.25, 0.3) is 0 Å². The molecule has 0 N–H and O–H groups in total. The molecular formula is C5H11NO. The van der Waals surface area contributed by atoms with Crippen LogP contribution in [0.3, 0.4) is 0 Å². The van der Waals surface area contributed by atoms with E-state index in [-0.39, 0.29) is 6.04 Å². The van der Waals surface area contributed by atoms with Crippen LogP contribution in [0.1, 0.15) is 20.8 Å². The van der Waals surface area contributed by atoms with Crippen molar-refractivity contribution in [3.05, 3.63) is 4.91 Å². The van der Waals surface area contributed by atoms with Gasteiger partial charge in [0, 0.05) is 0 Å². The van der Waals surface area contributed by atoms with Crippen LogP contribution in [0.15, 0.2) is 5.18 Å². The quantitative estimate of drug-likeness (QED) is 0.487. The first-order valence-electron chi connectivity index (χ1n) is 2.51. The number of rotatable bonds is 2. The van der Waals surface area contributed by atoms with E-state index in [2.05, 4.69) is 5.18 Å². The van der Waals surface area contributed by atoms with Gasteiger partial charge < -0.3 is 0 Å². The lowest BCUT2D eigenvalue weighted by molar-refractivity contribution is 0.528. The second-order valence-corrected chi connectivity index (χ2v) is 2.09. The lowest BCUT2D eigenvalue weighted by Gasteiger charge is -2.02. The highest BCUT2D eigenvalue weighted by Crippen LogP contribution is 2.02. The van der Waals surface area contributed by atoms with Gasteiger partial charge in [-0.3, -0.25) is 0 Å². The van der Waals surface area contributed by atoms with Gasteiger partial charge in [-0.2, -0.15) is 4.91 Å². The van der Waals surface area contributed by atoms with E-state index in [0.717, 1.165) is 0 Å². The van der Waals surface area contributed by atoms with Crippen LogP contribution in [0.5, 0.6) is 0 Å². The molecule has 2 heteroatoms. The summed E-state index contributed by atoms with van der Waals surface area (Å²) < 4.78 is 0. The summed E-state index contributed by atoms with van der Waals surface area (Å²) in [4.78, 5) is 9.70. The van der Waals surface area contributed by atoms with E-state index < -0.39 is 0 Å². The summed E-state index contributed by atoms with van der Waals surface area (Å²) in [6, 6.07) is -0.0278. The zero-order chi connectivity index (χ0) is 5.86. The fourth-order valence-corrected chi connectivity index (χ4v) is 0.122. The predicted octanol–water partition coefficient (Wildman–Crippen LogP) is 1.80. The van der Waals surface area contributed by atoms with Crippen molar-refractivity contribution in [1.29, 1.82) is 0 Å². The lowest BCUT2D eigenvalue weighted by atomic mass is 10.1. The summed E-state index contributed by atoms with van der Waals surface area (Å²) in [5.74, 6) is 0.387. The highest BCUT2D eigenvalue weighted by Gasteiger charge is 2.03. The molecule has 0 bridgehead atoms. The Morgan fingerprint density at radius 1 is 1.29 bits per heavy atom. The van der Waals surface area contributed by atoms with Gasteiger partial charge >= 0.3 is 0 Å². The lowest BCUT2D eigenvalue weighted by Crippen LogP contribution is -2.05. The molecule has 0 amide bonds. The second kappa shape index (κ2) is 2.72. The van der Waals surface area contributed by atoms with Gasteiger partial charge in [-0.1, -0.05) is 19.0 Å². The zero-order valence-electron chi connectivity index (χ0n) is 5.01. The molecule has 0 aliphatic heterocycles. The summed E-state index contributed by atoms with van der Waals surface area (Å²) in [5, 5.41) is 2.84. The van der Waals surface area contributed by atoms with Gasteiger partial charge in [0.1, 0.15) is 0 Å². The normalized spacial score (nSPS) is 14.3. The maximum atomic E-state index is 9.70. The predicted molar refractivity (Wildman–Crippen MR) is 30.1 cm³/mol. The van der Waals surface area contributed by atoms with Gasteiger partial charge in [0.15, 0.2) is 0 Å². The first-order valence-corrected chi connectivity index (χ1v) is 2.51. The van der Waals surface area contributed by atoms with Gasteiger partial charge in [-0.15, -0.1) is 0 Å². The van der Waals surface area contributed by atoms with Gasteiger partial charge in [0.25, 0.3) is 0 Å². The Kier molecular flexibility index (Phi) is 2.56. The monoisotopic (exact) mass is 101 g/mol. The van der Waals surface area contributed by atoms with Crippen molar-refractivity contribution in [3.63, 3.8) is 0 Å². The van der Waals surface area contributed by atoms with Gasteiger partial charge in [0.05, 0.1) is 6.04 Å². The van der Waals surface area contributed by atoms with Gasteiger partial charge in [0.2, 0.25) is 0 Å². The van der Waals surface area contributed by atoms with E-state index >= 15 is 0 Å². The van der Waals surface area contributed by atoms with Crippen LogP contribution in [0, 0.1) is 10.8 Å². The minimum atomic E-state index is -0.0278.